The lowest BCUT2D eigenvalue weighted by Gasteiger charge is -2.09. The molecule has 0 bridgehead atoms. The van der Waals surface area contributed by atoms with Crippen molar-refractivity contribution in [2.75, 3.05) is 5.73 Å². The maximum Gasteiger partial charge on any atom is 0.162 e. The molecule has 0 fully saturated rings. The molecule has 1 aromatic carbocycles. The van der Waals surface area contributed by atoms with Gasteiger partial charge in [0.15, 0.2) is 11.6 Å². The fourth-order valence-electron chi connectivity index (χ4n) is 1.50. The molecule has 1 rings (SSSR count). The number of nitrogen functional groups attached to an aromatic ring is 1. The summed E-state index contributed by atoms with van der Waals surface area (Å²) < 4.78 is 0. The second-order valence-corrected chi connectivity index (χ2v) is 3.33. The summed E-state index contributed by atoms with van der Waals surface area (Å²) in [6.45, 7) is 4.69. The third-order valence-electron chi connectivity index (χ3n) is 2.19. The third-order valence-corrected chi connectivity index (χ3v) is 2.19. The predicted molar refractivity (Wildman–Crippen MR) is 55.6 cm³/mol. The summed E-state index contributed by atoms with van der Waals surface area (Å²) in [5, 5.41) is 0. The molecule has 0 amide bonds. The molecule has 0 saturated carbocycles. The number of aryl methyl sites for hydroxylation is 1. The molecule has 74 valence electrons. The Bertz CT molecular complexity index is 408. The molecule has 0 radical (unpaired) electrons. The number of rotatable bonds is 2. The van der Waals surface area contributed by atoms with Gasteiger partial charge >= 0.3 is 0 Å². The van der Waals surface area contributed by atoms with Crippen LogP contribution in [0.15, 0.2) is 12.1 Å². The number of anilines is 1. The predicted octanol–water partition coefficient (Wildman–Crippen LogP) is 1.98. The Morgan fingerprint density at radius 3 is 2.14 bits per heavy atom. The topological polar surface area (TPSA) is 60.2 Å². The first kappa shape index (κ1) is 10.4. The average Bonchev–Trinajstić information content (AvgIpc) is 2.02. The molecule has 3 nitrogen and oxygen atoms in total. The summed E-state index contributed by atoms with van der Waals surface area (Å²) in [6, 6.07) is 3.39. The van der Waals surface area contributed by atoms with Crippen molar-refractivity contribution in [1.29, 1.82) is 0 Å². The molecule has 14 heavy (non-hydrogen) atoms. The first-order chi connectivity index (χ1) is 6.45. The van der Waals surface area contributed by atoms with Crippen LogP contribution in [0.2, 0.25) is 0 Å². The normalized spacial score (nSPS) is 9.93. The number of carbonyl (C=O) groups excluding carboxylic acids is 2. The Morgan fingerprint density at radius 1 is 1.14 bits per heavy atom. The zero-order valence-corrected chi connectivity index (χ0v) is 8.55. The van der Waals surface area contributed by atoms with Gasteiger partial charge in [-0.3, -0.25) is 9.59 Å². The molecule has 0 aliphatic carbocycles. The quantitative estimate of drug-likeness (QED) is 0.574. The van der Waals surface area contributed by atoms with Crippen molar-refractivity contribution in [1.82, 2.24) is 0 Å². The van der Waals surface area contributed by atoms with Gasteiger partial charge in [0, 0.05) is 11.1 Å². The zero-order valence-electron chi connectivity index (χ0n) is 8.55. The van der Waals surface area contributed by atoms with E-state index in [4.69, 9.17) is 5.73 Å². The molecule has 0 atom stereocenters. The van der Waals surface area contributed by atoms with E-state index in [1.807, 2.05) is 0 Å². The Kier molecular flexibility index (Phi) is 2.70. The highest BCUT2D eigenvalue weighted by atomic mass is 16.1. The zero-order chi connectivity index (χ0) is 10.9. The van der Waals surface area contributed by atoms with Crippen molar-refractivity contribution in [3.63, 3.8) is 0 Å². The van der Waals surface area contributed by atoms with E-state index in [2.05, 4.69) is 0 Å². The molecule has 2 N–H and O–H groups in total. The van der Waals surface area contributed by atoms with E-state index in [0.717, 1.165) is 5.56 Å². The van der Waals surface area contributed by atoms with E-state index in [-0.39, 0.29) is 11.6 Å². The van der Waals surface area contributed by atoms with E-state index in [1.54, 1.807) is 19.1 Å². The van der Waals surface area contributed by atoms with Crippen molar-refractivity contribution >= 4 is 17.3 Å². The number of Topliss-reactive ketones (excluding diaryl/α,β-unsaturated/α-hetero) is 2. The van der Waals surface area contributed by atoms with Crippen LogP contribution in [-0.2, 0) is 0 Å². The van der Waals surface area contributed by atoms with Gasteiger partial charge < -0.3 is 5.73 Å². The van der Waals surface area contributed by atoms with E-state index < -0.39 is 0 Å². The Hall–Kier alpha value is -1.64. The van der Waals surface area contributed by atoms with E-state index >= 15 is 0 Å². The fourth-order valence-corrected chi connectivity index (χ4v) is 1.50. The maximum absolute atomic E-state index is 11.3. The first-order valence-corrected chi connectivity index (χ1v) is 4.36. The van der Waals surface area contributed by atoms with Gasteiger partial charge in [0.05, 0.1) is 5.69 Å². The molecular weight excluding hydrogens is 178 g/mol. The molecule has 0 aliphatic rings. The molecule has 0 heterocycles. The van der Waals surface area contributed by atoms with Crippen LogP contribution in [0.25, 0.3) is 0 Å². The largest absolute Gasteiger partial charge is 0.398 e. The number of carbonyl (C=O) groups is 2. The molecule has 0 unspecified atom stereocenters. The molecular formula is C11H13NO2. The summed E-state index contributed by atoms with van der Waals surface area (Å²) in [5.74, 6) is -0.229. The number of hydrogen-bond donors (Lipinski definition) is 1. The van der Waals surface area contributed by atoms with Crippen LogP contribution < -0.4 is 5.73 Å². The molecule has 1 aromatic rings. The van der Waals surface area contributed by atoms with Crippen molar-refractivity contribution in [3.05, 3.63) is 28.8 Å². The lowest BCUT2D eigenvalue weighted by molar-refractivity contribution is 0.101. The summed E-state index contributed by atoms with van der Waals surface area (Å²) in [4.78, 5) is 22.4. The van der Waals surface area contributed by atoms with Gasteiger partial charge in [0.1, 0.15) is 0 Å². The summed E-state index contributed by atoms with van der Waals surface area (Å²) in [7, 11) is 0. The Morgan fingerprint density at radius 2 is 1.71 bits per heavy atom. The second kappa shape index (κ2) is 3.62. The van der Waals surface area contributed by atoms with Gasteiger partial charge in [-0.05, 0) is 32.4 Å². The van der Waals surface area contributed by atoms with Gasteiger partial charge in [-0.15, -0.1) is 0 Å². The first-order valence-electron chi connectivity index (χ1n) is 4.36. The van der Waals surface area contributed by atoms with Gasteiger partial charge in [0.2, 0.25) is 0 Å². The van der Waals surface area contributed by atoms with Crippen LogP contribution >= 0.6 is 0 Å². The third kappa shape index (κ3) is 1.66. The SMILES string of the molecule is CC(=O)c1ccc(C)c(C(C)=O)c1N. The highest BCUT2D eigenvalue weighted by molar-refractivity contribution is 6.08. The summed E-state index contributed by atoms with van der Waals surface area (Å²) in [5.41, 5.74) is 7.72. The Labute approximate surface area is 82.9 Å². The van der Waals surface area contributed by atoms with Gasteiger partial charge in [-0.25, -0.2) is 0 Å². The van der Waals surface area contributed by atoms with Crippen molar-refractivity contribution in [3.8, 4) is 0 Å². The van der Waals surface area contributed by atoms with Crippen molar-refractivity contribution in [2.24, 2.45) is 0 Å². The monoisotopic (exact) mass is 191 g/mol. The minimum absolute atomic E-state index is 0.108. The maximum atomic E-state index is 11.3. The average molecular weight is 191 g/mol. The van der Waals surface area contributed by atoms with Gasteiger partial charge in [-0.1, -0.05) is 6.07 Å². The molecule has 3 heteroatoms. The number of hydrogen-bond acceptors (Lipinski definition) is 3. The smallest absolute Gasteiger partial charge is 0.162 e. The van der Waals surface area contributed by atoms with Gasteiger partial charge in [-0.2, -0.15) is 0 Å². The van der Waals surface area contributed by atoms with Crippen LogP contribution in [0.4, 0.5) is 5.69 Å². The van der Waals surface area contributed by atoms with Crippen LogP contribution in [-0.4, -0.2) is 11.6 Å². The van der Waals surface area contributed by atoms with Crippen LogP contribution in [0.1, 0.15) is 40.1 Å². The van der Waals surface area contributed by atoms with Crippen molar-refractivity contribution < 1.29 is 9.59 Å². The lowest BCUT2D eigenvalue weighted by Crippen LogP contribution is -2.08. The standard InChI is InChI=1S/C11H13NO2/c1-6-4-5-9(7(2)13)11(12)10(6)8(3)14/h4-5H,12H2,1-3H3. The van der Waals surface area contributed by atoms with E-state index in [1.165, 1.54) is 13.8 Å². The van der Waals surface area contributed by atoms with Crippen LogP contribution in [0.5, 0.6) is 0 Å². The molecule has 0 saturated heterocycles. The number of nitrogens with two attached hydrogens (primary N) is 1. The minimum Gasteiger partial charge on any atom is -0.398 e. The molecule has 0 aromatic heterocycles. The fraction of sp³-hybridized carbons (Fsp3) is 0.273. The second-order valence-electron chi connectivity index (χ2n) is 3.33. The Balaban J connectivity index is 3.49. The van der Waals surface area contributed by atoms with Gasteiger partial charge in [0.25, 0.3) is 0 Å². The van der Waals surface area contributed by atoms with Crippen LogP contribution in [0, 0.1) is 6.92 Å². The molecule has 0 spiro atoms. The van der Waals surface area contributed by atoms with Crippen molar-refractivity contribution in [2.45, 2.75) is 20.8 Å². The number of benzene rings is 1. The molecule has 0 aliphatic heterocycles. The summed E-state index contributed by atoms with van der Waals surface area (Å²) >= 11 is 0. The highest BCUT2D eigenvalue weighted by Crippen LogP contribution is 2.22. The van der Waals surface area contributed by atoms with Crippen LogP contribution in [0.3, 0.4) is 0 Å². The minimum atomic E-state index is -0.120. The summed E-state index contributed by atoms with van der Waals surface area (Å²) in [6.07, 6.45) is 0. The van der Waals surface area contributed by atoms with E-state index in [9.17, 15) is 9.59 Å². The highest BCUT2D eigenvalue weighted by Gasteiger charge is 2.14. The van der Waals surface area contributed by atoms with E-state index in [0.29, 0.717) is 16.8 Å². The number of ketones is 2. The lowest BCUT2D eigenvalue weighted by atomic mass is 9.97.